The van der Waals surface area contributed by atoms with Crippen LogP contribution in [0.2, 0.25) is 0 Å². The molecule has 1 unspecified atom stereocenters. The standard InChI is InChI=1S/C15H19NO/c1-2-13-8-6-7-11-16(12-13)15(17)14-9-4-3-5-10-14/h2-5,9-10,13H,1,6-8,11-12H2. The first-order valence-electron chi connectivity index (χ1n) is 6.28. The van der Waals surface area contributed by atoms with Crippen molar-refractivity contribution < 1.29 is 4.79 Å². The van der Waals surface area contributed by atoms with Gasteiger partial charge in [-0.1, -0.05) is 30.7 Å². The molecule has 2 heteroatoms. The van der Waals surface area contributed by atoms with E-state index in [1.54, 1.807) is 0 Å². The smallest absolute Gasteiger partial charge is 0.253 e. The molecule has 0 radical (unpaired) electrons. The molecule has 1 saturated heterocycles. The largest absolute Gasteiger partial charge is 0.338 e. The molecule has 1 atom stereocenters. The van der Waals surface area contributed by atoms with Gasteiger partial charge in [0.1, 0.15) is 0 Å². The molecule has 1 amide bonds. The van der Waals surface area contributed by atoms with E-state index in [4.69, 9.17) is 0 Å². The molecule has 1 heterocycles. The highest BCUT2D eigenvalue weighted by Gasteiger charge is 2.20. The number of rotatable bonds is 2. The van der Waals surface area contributed by atoms with E-state index < -0.39 is 0 Å². The highest BCUT2D eigenvalue weighted by Crippen LogP contribution is 2.18. The number of hydrogen-bond acceptors (Lipinski definition) is 1. The summed E-state index contributed by atoms with van der Waals surface area (Å²) in [6, 6.07) is 9.53. The summed E-state index contributed by atoms with van der Waals surface area (Å²) in [6.07, 6.45) is 5.43. The van der Waals surface area contributed by atoms with E-state index >= 15 is 0 Å². The van der Waals surface area contributed by atoms with Gasteiger partial charge in [0.2, 0.25) is 0 Å². The Hall–Kier alpha value is -1.57. The average molecular weight is 229 g/mol. The summed E-state index contributed by atoms with van der Waals surface area (Å²) in [5.41, 5.74) is 0.789. The van der Waals surface area contributed by atoms with Crippen molar-refractivity contribution in [2.24, 2.45) is 5.92 Å². The van der Waals surface area contributed by atoms with Crippen LogP contribution in [-0.2, 0) is 0 Å². The van der Waals surface area contributed by atoms with Crippen LogP contribution in [0.25, 0.3) is 0 Å². The maximum absolute atomic E-state index is 12.3. The molecular weight excluding hydrogens is 210 g/mol. The van der Waals surface area contributed by atoms with Crippen molar-refractivity contribution in [3.8, 4) is 0 Å². The van der Waals surface area contributed by atoms with Crippen molar-refractivity contribution >= 4 is 5.91 Å². The molecule has 0 bridgehead atoms. The quantitative estimate of drug-likeness (QED) is 0.713. The van der Waals surface area contributed by atoms with Gasteiger partial charge in [0.15, 0.2) is 0 Å². The Labute approximate surface area is 103 Å². The first kappa shape index (κ1) is 11.9. The molecule has 0 saturated carbocycles. The average Bonchev–Trinajstić information content (AvgIpc) is 2.64. The third kappa shape index (κ3) is 2.96. The summed E-state index contributed by atoms with van der Waals surface area (Å²) in [5, 5.41) is 0. The number of carbonyl (C=O) groups excluding carboxylic acids is 1. The maximum atomic E-state index is 12.3. The fourth-order valence-electron chi connectivity index (χ4n) is 2.31. The molecule has 0 spiro atoms. The second kappa shape index (κ2) is 5.67. The van der Waals surface area contributed by atoms with E-state index in [0.717, 1.165) is 31.5 Å². The highest BCUT2D eigenvalue weighted by molar-refractivity contribution is 5.94. The van der Waals surface area contributed by atoms with Crippen LogP contribution in [0.5, 0.6) is 0 Å². The van der Waals surface area contributed by atoms with Gasteiger partial charge in [0.05, 0.1) is 0 Å². The van der Waals surface area contributed by atoms with Crippen molar-refractivity contribution in [1.82, 2.24) is 4.90 Å². The lowest BCUT2D eigenvalue weighted by molar-refractivity contribution is 0.0750. The van der Waals surface area contributed by atoms with Gasteiger partial charge >= 0.3 is 0 Å². The fourth-order valence-corrected chi connectivity index (χ4v) is 2.31. The summed E-state index contributed by atoms with van der Waals surface area (Å²) in [4.78, 5) is 14.3. The Bertz CT molecular complexity index is 385. The zero-order valence-corrected chi connectivity index (χ0v) is 10.1. The van der Waals surface area contributed by atoms with E-state index in [9.17, 15) is 4.79 Å². The number of hydrogen-bond donors (Lipinski definition) is 0. The number of likely N-dealkylation sites (tertiary alicyclic amines) is 1. The highest BCUT2D eigenvalue weighted by atomic mass is 16.2. The summed E-state index contributed by atoms with van der Waals surface area (Å²) >= 11 is 0. The van der Waals surface area contributed by atoms with Crippen LogP contribution in [0.3, 0.4) is 0 Å². The molecule has 90 valence electrons. The van der Waals surface area contributed by atoms with Crippen LogP contribution < -0.4 is 0 Å². The van der Waals surface area contributed by atoms with Crippen molar-refractivity contribution in [3.05, 3.63) is 48.6 Å². The first-order valence-corrected chi connectivity index (χ1v) is 6.28. The zero-order chi connectivity index (χ0) is 12.1. The fraction of sp³-hybridized carbons (Fsp3) is 0.400. The van der Waals surface area contributed by atoms with Crippen LogP contribution in [0.15, 0.2) is 43.0 Å². The molecule has 1 aliphatic heterocycles. The SMILES string of the molecule is C=CC1CCCCN(C(=O)c2ccccc2)C1. The molecule has 17 heavy (non-hydrogen) atoms. The number of amides is 1. The maximum Gasteiger partial charge on any atom is 0.253 e. The van der Waals surface area contributed by atoms with Gasteiger partial charge < -0.3 is 4.90 Å². The monoisotopic (exact) mass is 229 g/mol. The molecule has 0 N–H and O–H groups in total. The molecule has 0 aliphatic carbocycles. The molecule has 1 fully saturated rings. The lowest BCUT2D eigenvalue weighted by Crippen LogP contribution is -2.34. The number of benzene rings is 1. The minimum atomic E-state index is 0.152. The van der Waals surface area contributed by atoms with Gasteiger partial charge in [0, 0.05) is 18.7 Å². The Balaban J connectivity index is 2.10. The van der Waals surface area contributed by atoms with Crippen LogP contribution >= 0.6 is 0 Å². The van der Waals surface area contributed by atoms with Crippen LogP contribution in [0.1, 0.15) is 29.6 Å². The van der Waals surface area contributed by atoms with Gasteiger partial charge in [-0.2, -0.15) is 0 Å². The third-order valence-electron chi connectivity index (χ3n) is 3.35. The number of nitrogens with zero attached hydrogens (tertiary/aromatic N) is 1. The third-order valence-corrected chi connectivity index (χ3v) is 3.35. The lowest BCUT2D eigenvalue weighted by atomic mass is 10.0. The summed E-state index contributed by atoms with van der Waals surface area (Å²) in [6.45, 7) is 5.54. The van der Waals surface area contributed by atoms with Gasteiger partial charge in [-0.25, -0.2) is 0 Å². The minimum Gasteiger partial charge on any atom is -0.338 e. The van der Waals surface area contributed by atoms with Gasteiger partial charge in [-0.3, -0.25) is 4.79 Å². The van der Waals surface area contributed by atoms with E-state index in [2.05, 4.69) is 6.58 Å². The predicted molar refractivity (Wildman–Crippen MR) is 69.9 cm³/mol. The Morgan fingerprint density at radius 2 is 2.06 bits per heavy atom. The molecular formula is C15H19NO. The van der Waals surface area contributed by atoms with Gasteiger partial charge in [-0.05, 0) is 30.9 Å². The van der Waals surface area contributed by atoms with Crippen LogP contribution in [0, 0.1) is 5.92 Å². The summed E-state index contributed by atoms with van der Waals surface area (Å²) in [5.74, 6) is 0.601. The minimum absolute atomic E-state index is 0.152. The first-order chi connectivity index (χ1) is 8.31. The normalized spacial score (nSPS) is 20.7. The van der Waals surface area contributed by atoms with Crippen LogP contribution in [0.4, 0.5) is 0 Å². The molecule has 1 aromatic carbocycles. The summed E-state index contributed by atoms with van der Waals surface area (Å²) < 4.78 is 0. The van der Waals surface area contributed by atoms with Crippen molar-refractivity contribution in [3.63, 3.8) is 0 Å². The molecule has 2 rings (SSSR count). The van der Waals surface area contributed by atoms with Crippen LogP contribution in [-0.4, -0.2) is 23.9 Å². The second-order valence-electron chi connectivity index (χ2n) is 4.61. The lowest BCUT2D eigenvalue weighted by Gasteiger charge is -2.23. The Morgan fingerprint density at radius 3 is 2.76 bits per heavy atom. The second-order valence-corrected chi connectivity index (χ2v) is 4.61. The Kier molecular flexibility index (Phi) is 3.97. The van der Waals surface area contributed by atoms with Crippen molar-refractivity contribution in [2.75, 3.05) is 13.1 Å². The van der Waals surface area contributed by atoms with Crippen molar-refractivity contribution in [1.29, 1.82) is 0 Å². The molecule has 2 nitrogen and oxygen atoms in total. The topological polar surface area (TPSA) is 20.3 Å². The summed E-state index contributed by atoms with van der Waals surface area (Å²) in [7, 11) is 0. The molecule has 0 aromatic heterocycles. The van der Waals surface area contributed by atoms with Gasteiger partial charge in [-0.15, -0.1) is 6.58 Å². The van der Waals surface area contributed by atoms with E-state index in [-0.39, 0.29) is 5.91 Å². The van der Waals surface area contributed by atoms with E-state index in [1.165, 1.54) is 6.42 Å². The van der Waals surface area contributed by atoms with E-state index in [0.29, 0.717) is 5.92 Å². The zero-order valence-electron chi connectivity index (χ0n) is 10.1. The van der Waals surface area contributed by atoms with Crippen molar-refractivity contribution in [2.45, 2.75) is 19.3 Å². The Morgan fingerprint density at radius 1 is 1.29 bits per heavy atom. The molecule has 1 aliphatic rings. The predicted octanol–water partition coefficient (Wildman–Crippen LogP) is 3.11. The van der Waals surface area contributed by atoms with E-state index in [1.807, 2.05) is 41.3 Å². The number of carbonyl (C=O) groups is 1. The van der Waals surface area contributed by atoms with Gasteiger partial charge in [0.25, 0.3) is 5.91 Å². The molecule has 1 aromatic rings.